The molecular formula is C15H15Cl2IN2. The Morgan fingerprint density at radius 3 is 2.50 bits per heavy atom. The first kappa shape index (κ1) is 16.0. The summed E-state index contributed by atoms with van der Waals surface area (Å²) in [5.41, 5.74) is 3.02. The van der Waals surface area contributed by atoms with Crippen LogP contribution < -0.4 is 0 Å². The molecule has 0 spiro atoms. The van der Waals surface area contributed by atoms with Gasteiger partial charge in [-0.15, -0.1) is 0 Å². The molecule has 106 valence electrons. The number of aryl methyl sites for hydroxylation is 1. The summed E-state index contributed by atoms with van der Waals surface area (Å²) in [4.78, 5) is 9.09. The summed E-state index contributed by atoms with van der Waals surface area (Å²) >= 11 is 14.5. The van der Waals surface area contributed by atoms with Crippen molar-refractivity contribution in [2.75, 3.05) is 0 Å². The van der Waals surface area contributed by atoms with Crippen LogP contribution in [0.5, 0.6) is 0 Å². The van der Waals surface area contributed by atoms with Crippen LogP contribution in [0.15, 0.2) is 18.2 Å². The molecule has 1 aromatic heterocycles. The number of hydrogen-bond acceptors (Lipinski definition) is 2. The van der Waals surface area contributed by atoms with Crippen LogP contribution in [0.25, 0.3) is 11.4 Å². The van der Waals surface area contributed by atoms with E-state index in [-0.39, 0.29) is 0 Å². The Labute approximate surface area is 143 Å². The van der Waals surface area contributed by atoms with E-state index in [2.05, 4.69) is 46.4 Å². The van der Waals surface area contributed by atoms with Gasteiger partial charge in [0.15, 0.2) is 5.82 Å². The van der Waals surface area contributed by atoms with Gasteiger partial charge in [-0.1, -0.05) is 37.0 Å². The zero-order valence-corrected chi connectivity index (χ0v) is 15.2. The predicted molar refractivity (Wildman–Crippen MR) is 93.5 cm³/mol. The first-order valence-electron chi connectivity index (χ1n) is 6.37. The molecule has 1 heterocycles. The molecule has 0 bridgehead atoms. The first-order valence-corrected chi connectivity index (χ1v) is 8.20. The van der Waals surface area contributed by atoms with E-state index in [1.54, 1.807) is 0 Å². The van der Waals surface area contributed by atoms with Crippen LogP contribution in [0, 0.1) is 16.4 Å². The third kappa shape index (κ3) is 3.62. The highest BCUT2D eigenvalue weighted by atomic mass is 127. The Hall–Kier alpha value is -0.390. The van der Waals surface area contributed by atoms with E-state index in [4.69, 9.17) is 23.2 Å². The highest BCUT2D eigenvalue weighted by Gasteiger charge is 2.14. The Morgan fingerprint density at radius 1 is 1.20 bits per heavy atom. The van der Waals surface area contributed by atoms with Crippen molar-refractivity contribution >= 4 is 45.8 Å². The van der Waals surface area contributed by atoms with Crippen LogP contribution in [-0.4, -0.2) is 9.97 Å². The van der Waals surface area contributed by atoms with Crippen molar-refractivity contribution in [1.29, 1.82) is 0 Å². The topological polar surface area (TPSA) is 25.8 Å². The van der Waals surface area contributed by atoms with Crippen LogP contribution in [0.1, 0.15) is 25.1 Å². The van der Waals surface area contributed by atoms with E-state index in [1.165, 1.54) is 0 Å². The number of aromatic nitrogens is 2. The van der Waals surface area contributed by atoms with Crippen LogP contribution in [0.4, 0.5) is 0 Å². The Bertz CT molecular complexity index is 642. The fourth-order valence-electron chi connectivity index (χ4n) is 1.98. The molecule has 0 aliphatic heterocycles. The largest absolute Gasteiger partial charge is 0.232 e. The lowest BCUT2D eigenvalue weighted by Gasteiger charge is -2.11. The fraction of sp³-hybridized carbons (Fsp3) is 0.333. The van der Waals surface area contributed by atoms with E-state index in [0.29, 0.717) is 21.9 Å². The molecule has 20 heavy (non-hydrogen) atoms. The van der Waals surface area contributed by atoms with Gasteiger partial charge in [-0.2, -0.15) is 0 Å². The van der Waals surface area contributed by atoms with E-state index in [9.17, 15) is 0 Å². The highest BCUT2D eigenvalue weighted by Crippen LogP contribution is 2.28. The number of halogens is 3. The minimum absolute atomic E-state index is 0.514. The van der Waals surface area contributed by atoms with Gasteiger partial charge in [0.05, 0.1) is 9.26 Å². The van der Waals surface area contributed by atoms with Crippen LogP contribution in [0.2, 0.25) is 10.2 Å². The molecule has 0 aliphatic rings. The number of benzene rings is 1. The lowest BCUT2D eigenvalue weighted by Crippen LogP contribution is -2.05. The van der Waals surface area contributed by atoms with Crippen molar-refractivity contribution in [2.24, 2.45) is 5.92 Å². The molecule has 0 unspecified atom stereocenters. The van der Waals surface area contributed by atoms with Gasteiger partial charge in [0.2, 0.25) is 0 Å². The van der Waals surface area contributed by atoms with E-state index < -0.39 is 0 Å². The molecule has 0 fully saturated rings. The lowest BCUT2D eigenvalue weighted by atomic mass is 10.1. The third-order valence-corrected chi connectivity index (χ3v) is 4.87. The van der Waals surface area contributed by atoms with E-state index in [1.807, 2.05) is 25.1 Å². The molecule has 0 amide bonds. The Kier molecular flexibility index (Phi) is 5.26. The number of rotatable bonds is 3. The van der Waals surface area contributed by atoms with Gasteiger partial charge in [0.25, 0.3) is 0 Å². The Morgan fingerprint density at radius 2 is 1.90 bits per heavy atom. The van der Waals surface area contributed by atoms with E-state index >= 15 is 0 Å². The van der Waals surface area contributed by atoms with Crippen molar-refractivity contribution in [1.82, 2.24) is 9.97 Å². The average Bonchev–Trinajstić information content (AvgIpc) is 2.34. The molecule has 0 saturated heterocycles. The third-order valence-electron chi connectivity index (χ3n) is 2.91. The van der Waals surface area contributed by atoms with E-state index in [0.717, 1.165) is 26.8 Å². The monoisotopic (exact) mass is 420 g/mol. The maximum absolute atomic E-state index is 6.25. The summed E-state index contributed by atoms with van der Waals surface area (Å²) in [6.45, 7) is 6.33. The highest BCUT2D eigenvalue weighted by molar-refractivity contribution is 14.1. The van der Waals surface area contributed by atoms with Crippen molar-refractivity contribution in [3.63, 3.8) is 0 Å². The summed E-state index contributed by atoms with van der Waals surface area (Å²) in [6, 6.07) is 5.70. The zero-order valence-electron chi connectivity index (χ0n) is 11.5. The van der Waals surface area contributed by atoms with Gasteiger partial charge in [0, 0.05) is 10.6 Å². The van der Waals surface area contributed by atoms with Crippen molar-refractivity contribution in [3.8, 4) is 11.4 Å². The van der Waals surface area contributed by atoms with Gasteiger partial charge in [-0.3, -0.25) is 0 Å². The second kappa shape index (κ2) is 6.58. The maximum Gasteiger partial charge on any atom is 0.161 e. The molecule has 0 N–H and O–H groups in total. The van der Waals surface area contributed by atoms with Gasteiger partial charge >= 0.3 is 0 Å². The van der Waals surface area contributed by atoms with Crippen LogP contribution >= 0.6 is 45.8 Å². The lowest BCUT2D eigenvalue weighted by molar-refractivity contribution is 0.632. The molecule has 2 aromatic rings. The molecule has 1 aromatic carbocycles. The number of hydrogen-bond donors (Lipinski definition) is 0. The normalized spacial score (nSPS) is 11.2. The van der Waals surface area contributed by atoms with Gasteiger partial charge in [0.1, 0.15) is 5.15 Å². The molecular weight excluding hydrogens is 406 g/mol. The fourth-order valence-corrected chi connectivity index (χ4v) is 2.86. The average molecular weight is 421 g/mol. The summed E-state index contributed by atoms with van der Waals surface area (Å²) in [5, 5.41) is 1.23. The SMILES string of the molecule is Cc1cc(Cl)ccc1-c1nc(Cl)c(I)c(CC(C)C)n1. The minimum Gasteiger partial charge on any atom is -0.232 e. The number of nitrogens with zero attached hydrogens (tertiary/aromatic N) is 2. The van der Waals surface area contributed by atoms with Crippen molar-refractivity contribution in [3.05, 3.63) is 43.2 Å². The Balaban J connectivity index is 2.54. The molecule has 2 nitrogen and oxygen atoms in total. The summed E-state index contributed by atoms with van der Waals surface area (Å²) in [7, 11) is 0. The van der Waals surface area contributed by atoms with Crippen molar-refractivity contribution < 1.29 is 0 Å². The summed E-state index contributed by atoms with van der Waals surface area (Å²) in [6.07, 6.45) is 0.889. The summed E-state index contributed by atoms with van der Waals surface area (Å²) in [5.74, 6) is 1.19. The standard InChI is InChI=1S/C15H15Cl2IN2/c1-8(2)6-12-13(18)14(17)20-15(19-12)11-5-4-10(16)7-9(11)3/h4-5,7-8H,6H2,1-3H3. The quantitative estimate of drug-likeness (QED) is 0.479. The van der Waals surface area contributed by atoms with Crippen molar-refractivity contribution in [2.45, 2.75) is 27.2 Å². The molecule has 2 rings (SSSR count). The zero-order chi connectivity index (χ0) is 14.9. The smallest absolute Gasteiger partial charge is 0.161 e. The molecule has 0 radical (unpaired) electrons. The second-order valence-electron chi connectivity index (χ2n) is 5.16. The first-order chi connectivity index (χ1) is 9.38. The molecule has 0 saturated carbocycles. The van der Waals surface area contributed by atoms with Gasteiger partial charge in [-0.05, 0) is 65.6 Å². The maximum atomic E-state index is 6.25. The second-order valence-corrected chi connectivity index (χ2v) is 7.03. The molecule has 5 heteroatoms. The van der Waals surface area contributed by atoms with Gasteiger partial charge in [-0.25, -0.2) is 9.97 Å². The molecule has 0 aliphatic carbocycles. The van der Waals surface area contributed by atoms with Crippen LogP contribution in [0.3, 0.4) is 0 Å². The van der Waals surface area contributed by atoms with Gasteiger partial charge < -0.3 is 0 Å². The predicted octanol–water partition coefficient (Wildman–Crippen LogP) is 5.56. The van der Waals surface area contributed by atoms with Crippen LogP contribution in [-0.2, 0) is 6.42 Å². The summed E-state index contributed by atoms with van der Waals surface area (Å²) < 4.78 is 0.938. The molecule has 0 atom stereocenters. The minimum atomic E-state index is 0.514.